The predicted molar refractivity (Wildman–Crippen MR) is 68.8 cm³/mol. The molecule has 0 amide bonds. The van der Waals surface area contributed by atoms with Gasteiger partial charge in [0.25, 0.3) is 5.56 Å². The van der Waals surface area contributed by atoms with Crippen molar-refractivity contribution in [2.45, 2.75) is 19.9 Å². The van der Waals surface area contributed by atoms with Crippen molar-refractivity contribution in [2.75, 3.05) is 31.1 Å². The summed E-state index contributed by atoms with van der Waals surface area (Å²) in [7, 11) is 0. The monoisotopic (exact) mass is 256 g/mol. The zero-order valence-electron chi connectivity index (χ0n) is 10.1. The number of piperazine rings is 1. The van der Waals surface area contributed by atoms with Gasteiger partial charge in [-0.1, -0.05) is 18.5 Å². The van der Waals surface area contributed by atoms with E-state index in [-0.39, 0.29) is 10.6 Å². The Morgan fingerprint density at radius 2 is 2.35 bits per heavy atom. The van der Waals surface area contributed by atoms with Crippen molar-refractivity contribution in [1.29, 1.82) is 0 Å². The number of anilines is 1. The third kappa shape index (κ3) is 2.45. The van der Waals surface area contributed by atoms with Crippen LogP contribution >= 0.6 is 11.6 Å². The molecule has 1 N–H and O–H groups in total. The Morgan fingerprint density at radius 1 is 1.59 bits per heavy atom. The molecular weight excluding hydrogens is 240 g/mol. The molecule has 1 aliphatic heterocycles. The number of nitrogens with zero attached hydrogens (tertiary/aromatic N) is 3. The minimum absolute atomic E-state index is 0.185. The number of halogens is 1. The number of likely N-dealkylation sites (N-methyl/N-ethyl adjacent to an activating group) is 1. The molecule has 6 heteroatoms. The van der Waals surface area contributed by atoms with E-state index in [2.05, 4.69) is 33.6 Å². The van der Waals surface area contributed by atoms with Crippen LogP contribution in [0.4, 0.5) is 5.82 Å². The summed E-state index contributed by atoms with van der Waals surface area (Å²) in [6.07, 6.45) is 1.40. The maximum Gasteiger partial charge on any atom is 0.271 e. The van der Waals surface area contributed by atoms with Crippen molar-refractivity contribution in [1.82, 2.24) is 14.9 Å². The topological polar surface area (TPSA) is 52.2 Å². The van der Waals surface area contributed by atoms with Crippen LogP contribution in [0.5, 0.6) is 0 Å². The van der Waals surface area contributed by atoms with Crippen molar-refractivity contribution in [3.63, 3.8) is 0 Å². The molecule has 1 aromatic rings. The number of hydrogen-bond acceptors (Lipinski definition) is 4. The second-order valence-corrected chi connectivity index (χ2v) is 4.67. The molecule has 1 unspecified atom stereocenters. The van der Waals surface area contributed by atoms with Crippen LogP contribution in [0.1, 0.15) is 13.8 Å². The van der Waals surface area contributed by atoms with Crippen LogP contribution in [0, 0.1) is 0 Å². The Labute approximate surface area is 105 Å². The van der Waals surface area contributed by atoms with Gasteiger partial charge in [0.15, 0.2) is 5.82 Å². The molecule has 2 rings (SSSR count). The summed E-state index contributed by atoms with van der Waals surface area (Å²) >= 11 is 5.98. The van der Waals surface area contributed by atoms with Crippen molar-refractivity contribution >= 4 is 17.4 Å². The molecule has 0 radical (unpaired) electrons. The summed E-state index contributed by atoms with van der Waals surface area (Å²) in [4.78, 5) is 22.5. The molecule has 0 spiro atoms. The third-order valence-corrected chi connectivity index (χ3v) is 3.59. The molecule has 0 aromatic carbocycles. The Bertz CT molecular complexity index is 447. The highest BCUT2D eigenvalue weighted by Crippen LogP contribution is 2.21. The lowest BCUT2D eigenvalue weighted by molar-refractivity contribution is 0.199. The van der Waals surface area contributed by atoms with Gasteiger partial charge in [-0.3, -0.25) is 9.69 Å². The lowest BCUT2D eigenvalue weighted by atomic mass is 10.2. The molecular formula is C11H17ClN4O. The van der Waals surface area contributed by atoms with Gasteiger partial charge in [0.1, 0.15) is 5.02 Å². The minimum atomic E-state index is -0.276. The van der Waals surface area contributed by atoms with Crippen LogP contribution in [0.15, 0.2) is 11.1 Å². The average Bonchev–Trinajstić information content (AvgIpc) is 2.32. The molecule has 2 heterocycles. The van der Waals surface area contributed by atoms with Crippen molar-refractivity contribution < 1.29 is 0 Å². The Morgan fingerprint density at radius 3 is 3.00 bits per heavy atom. The van der Waals surface area contributed by atoms with Gasteiger partial charge in [0.05, 0.1) is 6.33 Å². The first-order chi connectivity index (χ1) is 8.13. The van der Waals surface area contributed by atoms with Gasteiger partial charge in [0.2, 0.25) is 0 Å². The van der Waals surface area contributed by atoms with E-state index in [0.29, 0.717) is 11.9 Å². The van der Waals surface area contributed by atoms with E-state index in [1.165, 1.54) is 6.33 Å². The molecule has 0 bridgehead atoms. The summed E-state index contributed by atoms with van der Waals surface area (Å²) in [5.41, 5.74) is -0.276. The number of H-pyrrole nitrogens is 1. The van der Waals surface area contributed by atoms with Gasteiger partial charge in [-0.25, -0.2) is 4.98 Å². The third-order valence-electron chi connectivity index (χ3n) is 3.25. The number of aromatic amines is 1. The SMILES string of the molecule is CCN1CCN(c2nc[nH]c(=O)c2Cl)CC1C. The van der Waals surface area contributed by atoms with Gasteiger partial charge in [0, 0.05) is 25.7 Å². The largest absolute Gasteiger partial charge is 0.352 e. The molecule has 17 heavy (non-hydrogen) atoms. The van der Waals surface area contributed by atoms with Crippen LogP contribution in [0.3, 0.4) is 0 Å². The number of aromatic nitrogens is 2. The highest BCUT2D eigenvalue weighted by molar-refractivity contribution is 6.32. The highest BCUT2D eigenvalue weighted by atomic mass is 35.5. The predicted octanol–water partition coefficient (Wildman–Crippen LogP) is 0.954. The average molecular weight is 257 g/mol. The maximum atomic E-state index is 11.4. The fraction of sp³-hybridized carbons (Fsp3) is 0.636. The Balaban J connectivity index is 2.19. The fourth-order valence-electron chi connectivity index (χ4n) is 2.25. The van der Waals surface area contributed by atoms with E-state index in [9.17, 15) is 4.79 Å². The molecule has 0 saturated carbocycles. The maximum absolute atomic E-state index is 11.4. The molecule has 1 aromatic heterocycles. The van der Waals surface area contributed by atoms with Crippen LogP contribution in [-0.4, -0.2) is 47.1 Å². The normalized spacial score (nSPS) is 21.8. The lowest BCUT2D eigenvalue weighted by Crippen LogP contribution is -2.52. The summed E-state index contributed by atoms with van der Waals surface area (Å²) in [5.74, 6) is 0.595. The van der Waals surface area contributed by atoms with Crippen molar-refractivity contribution in [3.8, 4) is 0 Å². The smallest absolute Gasteiger partial charge is 0.271 e. The second kappa shape index (κ2) is 5.06. The van der Waals surface area contributed by atoms with E-state index < -0.39 is 0 Å². The van der Waals surface area contributed by atoms with E-state index in [1.54, 1.807) is 0 Å². The number of rotatable bonds is 2. The first kappa shape index (κ1) is 12.4. The van der Waals surface area contributed by atoms with Crippen LogP contribution in [0.25, 0.3) is 0 Å². The summed E-state index contributed by atoms with van der Waals surface area (Å²) in [5, 5.41) is 0.185. The van der Waals surface area contributed by atoms with E-state index >= 15 is 0 Å². The van der Waals surface area contributed by atoms with Crippen LogP contribution in [0.2, 0.25) is 5.02 Å². The standard InChI is InChI=1S/C11H17ClN4O/c1-3-15-4-5-16(6-8(15)2)10-9(12)11(17)14-7-13-10/h7-8H,3-6H2,1-2H3,(H,13,14,17). The zero-order valence-corrected chi connectivity index (χ0v) is 10.9. The highest BCUT2D eigenvalue weighted by Gasteiger charge is 2.25. The van der Waals surface area contributed by atoms with E-state index in [0.717, 1.165) is 26.2 Å². The molecule has 5 nitrogen and oxygen atoms in total. The van der Waals surface area contributed by atoms with Crippen molar-refractivity contribution in [2.24, 2.45) is 0 Å². The molecule has 94 valence electrons. The van der Waals surface area contributed by atoms with Gasteiger partial charge in [-0.15, -0.1) is 0 Å². The molecule has 1 saturated heterocycles. The molecule has 1 aliphatic rings. The first-order valence-electron chi connectivity index (χ1n) is 5.85. The fourth-order valence-corrected chi connectivity index (χ4v) is 2.47. The summed E-state index contributed by atoms with van der Waals surface area (Å²) < 4.78 is 0. The Kier molecular flexibility index (Phi) is 3.69. The van der Waals surface area contributed by atoms with Gasteiger partial charge >= 0.3 is 0 Å². The number of nitrogens with one attached hydrogen (secondary N) is 1. The Hall–Kier alpha value is -1.07. The quantitative estimate of drug-likeness (QED) is 0.856. The lowest BCUT2D eigenvalue weighted by Gasteiger charge is -2.39. The van der Waals surface area contributed by atoms with Crippen molar-refractivity contribution in [3.05, 3.63) is 21.7 Å². The first-order valence-corrected chi connectivity index (χ1v) is 6.23. The second-order valence-electron chi connectivity index (χ2n) is 4.29. The van der Waals surface area contributed by atoms with E-state index in [1.807, 2.05) is 0 Å². The molecule has 1 fully saturated rings. The van der Waals surface area contributed by atoms with Gasteiger partial charge in [-0.05, 0) is 13.5 Å². The minimum Gasteiger partial charge on any atom is -0.352 e. The number of hydrogen-bond donors (Lipinski definition) is 1. The van der Waals surface area contributed by atoms with Crippen LogP contribution < -0.4 is 10.5 Å². The van der Waals surface area contributed by atoms with Gasteiger partial charge < -0.3 is 9.88 Å². The molecule has 1 atom stereocenters. The summed E-state index contributed by atoms with van der Waals surface area (Å²) in [6, 6.07) is 0.450. The van der Waals surface area contributed by atoms with E-state index in [4.69, 9.17) is 11.6 Å². The zero-order chi connectivity index (χ0) is 12.4. The summed E-state index contributed by atoms with van der Waals surface area (Å²) in [6.45, 7) is 8.06. The van der Waals surface area contributed by atoms with Gasteiger partial charge in [-0.2, -0.15) is 0 Å². The van der Waals surface area contributed by atoms with Crippen LogP contribution in [-0.2, 0) is 0 Å². The molecule has 0 aliphatic carbocycles.